The van der Waals surface area contributed by atoms with E-state index < -0.39 is 11.5 Å². The van der Waals surface area contributed by atoms with Gasteiger partial charge in [-0.1, -0.05) is 18.4 Å². The quantitative estimate of drug-likeness (QED) is 0.338. The second-order valence-electron chi connectivity index (χ2n) is 9.88. The molecular weight excluding hydrogens is 452 g/mol. The van der Waals surface area contributed by atoms with Gasteiger partial charge in [0.2, 0.25) is 11.5 Å². The fourth-order valence-corrected chi connectivity index (χ4v) is 4.56. The zero-order chi connectivity index (χ0) is 25.4. The van der Waals surface area contributed by atoms with Gasteiger partial charge < -0.3 is 25.4 Å². The minimum Gasteiger partial charge on any atom is -0.477 e. The number of anilines is 1. The molecular formula is C24H35N6O5+. The number of ether oxygens (including phenoxy) is 1. The number of carbonyl (C=O) groups excluding carboxylic acids is 2. The normalized spacial score (nSPS) is 20.7. The van der Waals surface area contributed by atoms with Crippen molar-refractivity contribution >= 4 is 29.4 Å². The topological polar surface area (TPSA) is 132 Å². The number of nitrogens with zero attached hydrogens (tertiary/aromatic N) is 3. The van der Waals surface area contributed by atoms with E-state index in [1.54, 1.807) is 22.6 Å². The highest BCUT2D eigenvalue weighted by atomic mass is 16.5. The summed E-state index contributed by atoms with van der Waals surface area (Å²) in [4.78, 5) is 41.0. The lowest BCUT2D eigenvalue weighted by Gasteiger charge is -2.38. The van der Waals surface area contributed by atoms with Crippen LogP contribution in [0.2, 0.25) is 0 Å². The molecule has 2 aliphatic rings. The van der Waals surface area contributed by atoms with Crippen LogP contribution in [0, 0.1) is 5.92 Å². The summed E-state index contributed by atoms with van der Waals surface area (Å²) >= 11 is 0. The van der Waals surface area contributed by atoms with Crippen LogP contribution in [0.1, 0.15) is 56.5 Å². The van der Waals surface area contributed by atoms with Crippen molar-refractivity contribution in [2.24, 2.45) is 5.92 Å². The molecule has 4 N–H and O–H groups in total. The van der Waals surface area contributed by atoms with Gasteiger partial charge in [0.25, 0.3) is 5.91 Å². The van der Waals surface area contributed by atoms with Gasteiger partial charge in [-0.05, 0) is 38.7 Å². The Balaban J connectivity index is 1.84. The second kappa shape index (κ2) is 9.73. The number of amides is 2. The number of hydrogen-bond acceptors (Lipinski definition) is 6. The summed E-state index contributed by atoms with van der Waals surface area (Å²) in [7, 11) is 1.69. The molecule has 35 heavy (non-hydrogen) atoms. The van der Waals surface area contributed by atoms with E-state index in [0.29, 0.717) is 36.8 Å². The fraction of sp³-hybridized carbons (Fsp3) is 0.583. The van der Waals surface area contributed by atoms with Crippen LogP contribution in [-0.2, 0) is 16.1 Å². The van der Waals surface area contributed by atoms with Crippen LogP contribution in [0.25, 0.3) is 11.7 Å². The number of carbonyl (C=O) groups is 2. The molecule has 11 heteroatoms. The van der Waals surface area contributed by atoms with E-state index in [1.165, 1.54) is 10.6 Å². The van der Waals surface area contributed by atoms with Crippen molar-refractivity contribution in [3.63, 3.8) is 0 Å². The fourth-order valence-electron chi connectivity index (χ4n) is 4.56. The zero-order valence-electron chi connectivity index (χ0n) is 20.9. The molecule has 0 bridgehead atoms. The SMILES string of the molecule is CNc1[nH]n2c(=O)c(C(=O)NC3CC3)c(O)[n+](CC(C)C)c2c1/C=C/C(=O)N1[C@@H](C)COC[C@@H]1C. The Bertz CT molecular complexity index is 1220. The number of morpholine rings is 1. The summed E-state index contributed by atoms with van der Waals surface area (Å²) in [6, 6.07) is -0.0908. The monoisotopic (exact) mass is 487 g/mol. The molecule has 0 aromatic carbocycles. The molecule has 11 nitrogen and oxygen atoms in total. The van der Waals surface area contributed by atoms with Crippen molar-refractivity contribution in [1.82, 2.24) is 19.8 Å². The van der Waals surface area contributed by atoms with Gasteiger partial charge in [-0.2, -0.15) is 4.57 Å². The van der Waals surface area contributed by atoms with Crippen LogP contribution in [0.15, 0.2) is 10.9 Å². The van der Waals surface area contributed by atoms with E-state index >= 15 is 0 Å². The third kappa shape index (κ3) is 4.77. The molecule has 3 heterocycles. The Hall–Kier alpha value is -3.34. The highest BCUT2D eigenvalue weighted by Crippen LogP contribution is 2.24. The van der Waals surface area contributed by atoms with E-state index in [0.717, 1.165) is 12.8 Å². The Kier molecular flexibility index (Phi) is 6.88. The van der Waals surface area contributed by atoms with Crippen molar-refractivity contribution in [2.45, 2.75) is 65.2 Å². The summed E-state index contributed by atoms with van der Waals surface area (Å²) in [6.45, 7) is 9.13. The van der Waals surface area contributed by atoms with Gasteiger partial charge in [0.1, 0.15) is 5.56 Å². The Morgan fingerprint density at radius 2 is 1.91 bits per heavy atom. The maximum atomic E-state index is 13.3. The third-order valence-electron chi connectivity index (χ3n) is 6.35. The lowest BCUT2D eigenvalue weighted by Crippen LogP contribution is -2.51. The van der Waals surface area contributed by atoms with Crippen LogP contribution < -0.4 is 20.8 Å². The highest BCUT2D eigenvalue weighted by molar-refractivity contribution is 5.97. The summed E-state index contributed by atoms with van der Waals surface area (Å²) in [5.41, 5.74) is -0.0765. The minimum atomic E-state index is -0.659. The Morgan fingerprint density at radius 1 is 1.26 bits per heavy atom. The largest absolute Gasteiger partial charge is 0.477 e. The highest BCUT2D eigenvalue weighted by Gasteiger charge is 2.35. The van der Waals surface area contributed by atoms with Crippen molar-refractivity contribution in [1.29, 1.82) is 0 Å². The molecule has 2 atom stereocenters. The first kappa shape index (κ1) is 24.8. The van der Waals surface area contributed by atoms with Gasteiger partial charge in [-0.25, -0.2) is 9.89 Å². The lowest BCUT2D eigenvalue weighted by atomic mass is 10.1. The molecule has 1 aliphatic heterocycles. The first-order chi connectivity index (χ1) is 16.6. The van der Waals surface area contributed by atoms with E-state index in [4.69, 9.17) is 4.74 Å². The summed E-state index contributed by atoms with van der Waals surface area (Å²) < 4.78 is 8.32. The molecule has 190 valence electrons. The number of aromatic nitrogens is 3. The number of nitrogens with one attached hydrogen (secondary N) is 3. The summed E-state index contributed by atoms with van der Waals surface area (Å²) in [5, 5.41) is 19.9. The predicted octanol–water partition coefficient (Wildman–Crippen LogP) is 0.860. The van der Waals surface area contributed by atoms with Crippen LogP contribution >= 0.6 is 0 Å². The summed E-state index contributed by atoms with van der Waals surface area (Å²) in [6.07, 6.45) is 4.82. The van der Waals surface area contributed by atoms with E-state index in [1.807, 2.05) is 27.7 Å². The molecule has 1 saturated heterocycles. The first-order valence-corrected chi connectivity index (χ1v) is 12.1. The third-order valence-corrected chi connectivity index (χ3v) is 6.35. The van der Waals surface area contributed by atoms with Gasteiger partial charge in [0.05, 0.1) is 31.8 Å². The zero-order valence-corrected chi connectivity index (χ0v) is 20.9. The maximum Gasteiger partial charge on any atom is 0.378 e. The van der Waals surface area contributed by atoms with Crippen molar-refractivity contribution in [3.8, 4) is 5.88 Å². The smallest absolute Gasteiger partial charge is 0.378 e. The summed E-state index contributed by atoms with van der Waals surface area (Å²) in [5.74, 6) is -0.569. The van der Waals surface area contributed by atoms with Crippen LogP contribution in [0.4, 0.5) is 5.82 Å². The molecule has 4 rings (SSSR count). The number of hydrogen-bond donors (Lipinski definition) is 4. The van der Waals surface area contributed by atoms with Crippen LogP contribution in [0.3, 0.4) is 0 Å². The molecule has 2 aromatic rings. The van der Waals surface area contributed by atoms with Crippen LogP contribution in [-0.4, -0.2) is 69.8 Å². The van der Waals surface area contributed by atoms with Gasteiger partial charge in [-0.15, -0.1) is 0 Å². The van der Waals surface area contributed by atoms with Gasteiger partial charge in [0, 0.05) is 19.2 Å². The standard InChI is InChI=1S/C24H34N6O5/c1-13(2)10-28-22-17(8-9-18(31)29-14(3)11-35-12-15(29)4)20(25-5)27-30(22)24(34)19(23(28)33)21(32)26-16-6-7-16/h8-9,13-16H,6-7,10-12H2,1-5H3,(H3,25,26,27,32,33,34)/p+1/b9-8+/t14-,15-/m0/s1. The molecule has 1 aliphatic carbocycles. The number of aromatic hydroxyl groups is 1. The minimum absolute atomic E-state index is 0.0338. The first-order valence-electron chi connectivity index (χ1n) is 12.1. The molecule has 0 spiro atoms. The number of H-pyrrole nitrogens is 1. The van der Waals surface area contributed by atoms with Gasteiger partial charge in [0.15, 0.2) is 5.82 Å². The molecule has 1 saturated carbocycles. The molecule has 2 aromatic heterocycles. The van der Waals surface area contributed by atoms with Gasteiger partial charge in [-0.3, -0.25) is 9.59 Å². The molecule has 0 radical (unpaired) electrons. The van der Waals surface area contributed by atoms with Gasteiger partial charge >= 0.3 is 17.1 Å². The Morgan fingerprint density at radius 3 is 2.49 bits per heavy atom. The van der Waals surface area contributed by atoms with Crippen molar-refractivity contribution < 1.29 is 24.0 Å². The second-order valence-corrected chi connectivity index (χ2v) is 9.88. The number of aromatic amines is 1. The van der Waals surface area contributed by atoms with E-state index in [-0.39, 0.29) is 41.4 Å². The average Bonchev–Trinajstić information content (AvgIpc) is 3.52. The van der Waals surface area contributed by atoms with E-state index in [9.17, 15) is 19.5 Å². The predicted molar refractivity (Wildman–Crippen MR) is 130 cm³/mol. The molecule has 2 fully saturated rings. The average molecular weight is 488 g/mol. The van der Waals surface area contributed by atoms with Crippen LogP contribution in [0.5, 0.6) is 5.88 Å². The number of fused-ring (bicyclic) bond motifs is 1. The number of rotatable bonds is 7. The van der Waals surface area contributed by atoms with Crippen molar-refractivity contribution in [2.75, 3.05) is 25.6 Å². The van der Waals surface area contributed by atoms with E-state index in [2.05, 4.69) is 15.7 Å². The molecule has 2 amide bonds. The maximum absolute atomic E-state index is 13.3. The van der Waals surface area contributed by atoms with Crippen molar-refractivity contribution in [3.05, 3.63) is 27.6 Å². The Labute approximate surface area is 203 Å². The molecule has 0 unspecified atom stereocenters. The lowest BCUT2D eigenvalue weighted by molar-refractivity contribution is -0.686.